The van der Waals surface area contributed by atoms with Crippen LogP contribution >= 0.6 is 11.3 Å². The van der Waals surface area contributed by atoms with Crippen LogP contribution in [0.3, 0.4) is 0 Å². The standard InChI is InChI=1S/C12H16N2O3S/c1-7-8(3-5-13-7)11(15)14-9-4-6-18-10(9)12(16)17-2/h4,6-8,13H,3,5H2,1-2H3,(H,14,15). The minimum Gasteiger partial charge on any atom is -0.465 e. The van der Waals surface area contributed by atoms with Gasteiger partial charge in [-0.1, -0.05) is 0 Å². The highest BCUT2D eigenvalue weighted by Crippen LogP contribution is 2.25. The lowest BCUT2D eigenvalue weighted by atomic mass is 10.0. The van der Waals surface area contributed by atoms with E-state index in [1.54, 1.807) is 11.4 Å². The van der Waals surface area contributed by atoms with Gasteiger partial charge in [0.25, 0.3) is 0 Å². The fraction of sp³-hybridized carbons (Fsp3) is 0.500. The fourth-order valence-corrected chi connectivity index (χ4v) is 2.87. The van der Waals surface area contributed by atoms with Gasteiger partial charge in [0.15, 0.2) is 0 Å². The summed E-state index contributed by atoms with van der Waals surface area (Å²) in [5.74, 6) is -0.510. The summed E-state index contributed by atoms with van der Waals surface area (Å²) in [6.45, 7) is 2.85. The molecule has 6 heteroatoms. The van der Waals surface area contributed by atoms with E-state index in [-0.39, 0.29) is 17.9 Å². The SMILES string of the molecule is COC(=O)c1sccc1NC(=O)C1CCNC1C. The number of methoxy groups -OCH3 is 1. The number of esters is 1. The van der Waals surface area contributed by atoms with Crippen LogP contribution in [0.5, 0.6) is 0 Å². The van der Waals surface area contributed by atoms with E-state index in [4.69, 9.17) is 0 Å². The first-order valence-corrected chi connectivity index (χ1v) is 6.71. The first-order valence-electron chi connectivity index (χ1n) is 5.83. The molecule has 1 fully saturated rings. The van der Waals surface area contributed by atoms with E-state index in [0.29, 0.717) is 10.6 Å². The van der Waals surface area contributed by atoms with Crippen molar-refractivity contribution in [3.05, 3.63) is 16.3 Å². The lowest BCUT2D eigenvalue weighted by Gasteiger charge is -2.14. The minimum absolute atomic E-state index is 0.0453. The maximum Gasteiger partial charge on any atom is 0.350 e. The molecule has 0 aromatic carbocycles. The molecule has 2 heterocycles. The third-order valence-electron chi connectivity index (χ3n) is 3.16. The quantitative estimate of drug-likeness (QED) is 0.815. The largest absolute Gasteiger partial charge is 0.465 e. The molecule has 1 aliphatic rings. The number of nitrogens with one attached hydrogen (secondary N) is 2. The predicted molar refractivity (Wildman–Crippen MR) is 69.9 cm³/mol. The second kappa shape index (κ2) is 5.49. The first-order chi connectivity index (χ1) is 8.63. The van der Waals surface area contributed by atoms with Crippen molar-refractivity contribution in [2.24, 2.45) is 5.92 Å². The molecular weight excluding hydrogens is 252 g/mol. The number of rotatable bonds is 3. The third-order valence-corrected chi connectivity index (χ3v) is 4.05. The van der Waals surface area contributed by atoms with Crippen LogP contribution in [0, 0.1) is 5.92 Å². The second-order valence-electron chi connectivity index (χ2n) is 4.28. The van der Waals surface area contributed by atoms with Gasteiger partial charge < -0.3 is 15.4 Å². The molecule has 0 bridgehead atoms. The zero-order chi connectivity index (χ0) is 13.1. The Hall–Kier alpha value is -1.40. The van der Waals surface area contributed by atoms with Gasteiger partial charge >= 0.3 is 5.97 Å². The summed E-state index contributed by atoms with van der Waals surface area (Å²) >= 11 is 1.26. The number of carbonyl (C=O) groups excluding carboxylic acids is 2. The molecule has 2 N–H and O–H groups in total. The Bertz CT molecular complexity index is 458. The molecule has 98 valence electrons. The Morgan fingerprint density at radius 1 is 1.56 bits per heavy atom. The van der Waals surface area contributed by atoms with Gasteiger partial charge in [0.05, 0.1) is 18.7 Å². The van der Waals surface area contributed by atoms with E-state index in [1.165, 1.54) is 18.4 Å². The number of ether oxygens (including phenoxy) is 1. The Labute approximate surface area is 110 Å². The van der Waals surface area contributed by atoms with Crippen molar-refractivity contribution in [2.75, 3.05) is 19.0 Å². The Morgan fingerprint density at radius 3 is 2.94 bits per heavy atom. The maximum atomic E-state index is 12.1. The molecule has 1 aromatic rings. The number of hydrogen-bond acceptors (Lipinski definition) is 5. The molecule has 1 aromatic heterocycles. The van der Waals surface area contributed by atoms with Crippen LogP contribution in [0.25, 0.3) is 0 Å². The third kappa shape index (κ3) is 2.54. The molecule has 0 radical (unpaired) electrons. The van der Waals surface area contributed by atoms with Crippen LogP contribution in [-0.2, 0) is 9.53 Å². The van der Waals surface area contributed by atoms with E-state index in [0.717, 1.165) is 13.0 Å². The second-order valence-corrected chi connectivity index (χ2v) is 5.20. The summed E-state index contributed by atoms with van der Waals surface area (Å²) in [6.07, 6.45) is 0.824. The highest BCUT2D eigenvalue weighted by atomic mass is 32.1. The van der Waals surface area contributed by atoms with E-state index >= 15 is 0 Å². The van der Waals surface area contributed by atoms with Crippen LogP contribution < -0.4 is 10.6 Å². The molecule has 1 saturated heterocycles. The van der Waals surface area contributed by atoms with Crippen molar-refractivity contribution in [2.45, 2.75) is 19.4 Å². The molecule has 2 rings (SSSR count). The van der Waals surface area contributed by atoms with Crippen molar-refractivity contribution < 1.29 is 14.3 Å². The van der Waals surface area contributed by atoms with Crippen LogP contribution in [-0.4, -0.2) is 31.6 Å². The van der Waals surface area contributed by atoms with E-state index < -0.39 is 5.97 Å². The van der Waals surface area contributed by atoms with E-state index in [2.05, 4.69) is 15.4 Å². The fourth-order valence-electron chi connectivity index (χ4n) is 2.10. The number of hydrogen-bond donors (Lipinski definition) is 2. The summed E-state index contributed by atoms with van der Waals surface area (Å²) < 4.78 is 4.67. The van der Waals surface area contributed by atoms with Gasteiger partial charge in [0.2, 0.25) is 5.91 Å². The first kappa shape index (κ1) is 13.0. The van der Waals surface area contributed by atoms with Gasteiger partial charge in [0, 0.05) is 6.04 Å². The molecule has 18 heavy (non-hydrogen) atoms. The Morgan fingerprint density at radius 2 is 2.33 bits per heavy atom. The highest BCUT2D eigenvalue weighted by molar-refractivity contribution is 7.12. The molecule has 5 nitrogen and oxygen atoms in total. The zero-order valence-corrected chi connectivity index (χ0v) is 11.2. The maximum absolute atomic E-state index is 12.1. The number of amides is 1. The number of carbonyl (C=O) groups is 2. The Balaban J connectivity index is 2.07. The number of anilines is 1. The summed E-state index contributed by atoms with van der Waals surface area (Å²) in [5.41, 5.74) is 0.538. The van der Waals surface area contributed by atoms with Crippen molar-refractivity contribution >= 4 is 28.9 Å². The molecule has 0 aliphatic carbocycles. The summed E-state index contributed by atoms with van der Waals surface area (Å²) in [7, 11) is 1.33. The normalized spacial score (nSPS) is 22.8. The van der Waals surface area contributed by atoms with Gasteiger partial charge in [-0.25, -0.2) is 4.79 Å². The van der Waals surface area contributed by atoms with E-state index in [1.807, 2.05) is 6.92 Å². The molecule has 1 aliphatic heterocycles. The summed E-state index contributed by atoms with van der Waals surface area (Å²) in [4.78, 5) is 24.0. The van der Waals surface area contributed by atoms with Crippen molar-refractivity contribution in [1.82, 2.24) is 5.32 Å². The highest BCUT2D eigenvalue weighted by Gasteiger charge is 2.30. The van der Waals surface area contributed by atoms with Gasteiger partial charge in [-0.15, -0.1) is 11.3 Å². The Kier molecular flexibility index (Phi) is 3.98. The number of thiophene rings is 1. The van der Waals surface area contributed by atoms with Crippen LogP contribution in [0.2, 0.25) is 0 Å². The van der Waals surface area contributed by atoms with Gasteiger partial charge in [-0.05, 0) is 31.3 Å². The molecule has 0 spiro atoms. The van der Waals surface area contributed by atoms with E-state index in [9.17, 15) is 9.59 Å². The summed E-state index contributed by atoms with van der Waals surface area (Å²) in [6, 6.07) is 1.90. The monoisotopic (exact) mass is 268 g/mol. The van der Waals surface area contributed by atoms with Crippen molar-refractivity contribution in [3.8, 4) is 0 Å². The van der Waals surface area contributed by atoms with Crippen LogP contribution in [0.15, 0.2) is 11.4 Å². The van der Waals surface area contributed by atoms with Crippen molar-refractivity contribution in [1.29, 1.82) is 0 Å². The molecule has 0 saturated carbocycles. The van der Waals surface area contributed by atoms with Crippen LogP contribution in [0.1, 0.15) is 23.0 Å². The predicted octanol–water partition coefficient (Wildman–Crippen LogP) is 1.47. The van der Waals surface area contributed by atoms with Crippen molar-refractivity contribution in [3.63, 3.8) is 0 Å². The summed E-state index contributed by atoms with van der Waals surface area (Å²) in [5, 5.41) is 7.80. The smallest absolute Gasteiger partial charge is 0.350 e. The minimum atomic E-state index is -0.419. The lowest BCUT2D eigenvalue weighted by Crippen LogP contribution is -2.32. The zero-order valence-electron chi connectivity index (χ0n) is 10.4. The molecular formula is C12H16N2O3S. The van der Waals surface area contributed by atoms with Crippen LogP contribution in [0.4, 0.5) is 5.69 Å². The van der Waals surface area contributed by atoms with Gasteiger partial charge in [-0.2, -0.15) is 0 Å². The molecule has 2 unspecified atom stereocenters. The lowest BCUT2D eigenvalue weighted by molar-refractivity contribution is -0.119. The van der Waals surface area contributed by atoms with Gasteiger partial charge in [-0.3, -0.25) is 4.79 Å². The molecule has 2 atom stereocenters. The average Bonchev–Trinajstić information content (AvgIpc) is 2.97. The van der Waals surface area contributed by atoms with Gasteiger partial charge in [0.1, 0.15) is 4.88 Å². The average molecular weight is 268 g/mol. The molecule has 1 amide bonds. The topological polar surface area (TPSA) is 67.4 Å².